The number of carbonyl (C=O) groups is 2. The van der Waals surface area contributed by atoms with Gasteiger partial charge in [0.05, 0.1) is 11.7 Å². The molecule has 11 heteroatoms. The van der Waals surface area contributed by atoms with E-state index in [4.69, 9.17) is 0 Å². The molecule has 0 spiro atoms. The lowest BCUT2D eigenvalue weighted by Gasteiger charge is -2.35. The lowest BCUT2D eigenvalue weighted by Crippen LogP contribution is -2.41. The van der Waals surface area contributed by atoms with Crippen molar-refractivity contribution in [3.05, 3.63) is 47.2 Å². The molecule has 0 saturated heterocycles. The van der Waals surface area contributed by atoms with Gasteiger partial charge in [0.15, 0.2) is 16.6 Å². The highest BCUT2D eigenvalue weighted by Crippen LogP contribution is 2.36. The number of carboxylic acid groups (broad SMARTS) is 1. The van der Waals surface area contributed by atoms with Gasteiger partial charge < -0.3 is 14.6 Å². The van der Waals surface area contributed by atoms with Crippen molar-refractivity contribution in [2.45, 2.75) is 26.4 Å². The van der Waals surface area contributed by atoms with Gasteiger partial charge in [-0.25, -0.2) is 19.2 Å². The van der Waals surface area contributed by atoms with Crippen LogP contribution in [0.1, 0.15) is 34.8 Å². The smallest absolute Gasteiger partial charge is 0.410 e. The molecule has 1 aliphatic rings. The number of nitrogens with zero attached hydrogens (tertiary/aromatic N) is 5. The number of hydrogen-bond acceptors (Lipinski definition) is 6. The number of imidazole rings is 1. The second-order valence-corrected chi connectivity index (χ2v) is 7.33. The molecule has 1 unspecified atom stereocenters. The lowest BCUT2D eigenvalue weighted by molar-refractivity contribution is 0.0646. The lowest BCUT2D eigenvalue weighted by atomic mass is 10.1. The minimum Gasteiger partial charge on any atom is -0.465 e. The predicted octanol–water partition coefficient (Wildman–Crippen LogP) is 3.16. The molecule has 2 aromatic heterocycles. The van der Waals surface area contributed by atoms with Gasteiger partial charge in [-0.2, -0.15) is 4.37 Å². The molecule has 150 valence electrons. The summed E-state index contributed by atoms with van der Waals surface area (Å²) in [5.74, 6) is 0.586. The molecule has 0 fully saturated rings. The first-order valence-electron chi connectivity index (χ1n) is 8.82. The van der Waals surface area contributed by atoms with Gasteiger partial charge in [0.2, 0.25) is 0 Å². The Bertz CT molecular complexity index is 1090. The number of fused-ring (bicyclic) bond motifs is 1. The van der Waals surface area contributed by atoms with Gasteiger partial charge in [0.25, 0.3) is 5.91 Å². The van der Waals surface area contributed by atoms with E-state index in [1.54, 1.807) is 18.7 Å². The molecule has 0 saturated carbocycles. The number of aryl methyl sites for hydroxylation is 1. The highest BCUT2D eigenvalue weighted by atomic mass is 32.1. The molecule has 1 atom stereocenters. The van der Waals surface area contributed by atoms with Crippen LogP contribution in [-0.2, 0) is 6.54 Å². The zero-order valence-corrected chi connectivity index (χ0v) is 16.4. The van der Waals surface area contributed by atoms with Crippen LogP contribution in [0.5, 0.6) is 0 Å². The van der Waals surface area contributed by atoms with E-state index in [2.05, 4.69) is 19.7 Å². The Kier molecular flexibility index (Phi) is 4.74. The molecule has 9 nitrogen and oxygen atoms in total. The van der Waals surface area contributed by atoms with Crippen molar-refractivity contribution in [3.8, 4) is 10.8 Å². The Morgan fingerprint density at radius 3 is 2.59 bits per heavy atom. The number of anilines is 1. The molecule has 1 aromatic carbocycles. The summed E-state index contributed by atoms with van der Waals surface area (Å²) in [4.78, 5) is 34.6. The fourth-order valence-corrected chi connectivity index (χ4v) is 4.11. The van der Waals surface area contributed by atoms with E-state index >= 15 is 0 Å². The molecule has 0 radical (unpaired) electrons. The third-order valence-corrected chi connectivity index (χ3v) is 5.53. The second kappa shape index (κ2) is 7.24. The Morgan fingerprint density at radius 2 is 1.97 bits per heavy atom. The first-order valence-corrected chi connectivity index (χ1v) is 9.60. The second-order valence-electron chi connectivity index (χ2n) is 6.58. The van der Waals surface area contributed by atoms with Crippen LogP contribution in [0.25, 0.3) is 10.8 Å². The molecule has 1 aliphatic heterocycles. The van der Waals surface area contributed by atoms with Gasteiger partial charge in [-0.1, -0.05) is 0 Å². The average molecular weight is 416 g/mol. The van der Waals surface area contributed by atoms with Crippen LogP contribution in [0.3, 0.4) is 0 Å². The van der Waals surface area contributed by atoms with E-state index in [0.717, 1.165) is 0 Å². The maximum absolute atomic E-state index is 13.2. The van der Waals surface area contributed by atoms with Gasteiger partial charge in [-0.15, -0.1) is 0 Å². The van der Waals surface area contributed by atoms with Crippen LogP contribution >= 0.6 is 11.5 Å². The first-order chi connectivity index (χ1) is 13.8. The summed E-state index contributed by atoms with van der Waals surface area (Å²) in [7, 11) is 0. The van der Waals surface area contributed by atoms with E-state index in [9.17, 15) is 19.1 Å². The quantitative estimate of drug-likeness (QED) is 0.678. The molecule has 4 rings (SSSR count). The number of hydrogen-bond donors (Lipinski definition) is 2. The van der Waals surface area contributed by atoms with E-state index in [0.29, 0.717) is 41.0 Å². The number of carbonyl (C=O) groups excluding carboxylic acids is 1. The van der Waals surface area contributed by atoms with E-state index in [1.165, 1.54) is 35.8 Å². The zero-order chi connectivity index (χ0) is 20.7. The number of rotatable bonds is 3. The summed E-state index contributed by atoms with van der Waals surface area (Å²) in [6.45, 7) is 4.37. The highest BCUT2D eigenvalue weighted by molar-refractivity contribution is 7.09. The Labute approximate surface area is 169 Å². The minimum absolute atomic E-state index is 0.157. The molecule has 3 aromatic rings. The van der Waals surface area contributed by atoms with E-state index < -0.39 is 18.0 Å². The standard InChI is InChI=1S/C18H17FN6O3S/c1-9-13-14(22-18(27)28)21-15(16-20-10(2)23-29-16)25(13)8-7-24(9)17(26)11-3-5-12(19)6-4-11/h3-6,9,22H,7-8H2,1-2H3,(H,27,28). The largest absolute Gasteiger partial charge is 0.465 e. The SMILES string of the molecule is Cc1nsc(-c2nc(NC(=O)O)c3n2CCN(C(=O)c2ccc(F)cc2)C3C)n1. The van der Waals surface area contributed by atoms with Crippen LogP contribution in [0.15, 0.2) is 24.3 Å². The molecule has 29 heavy (non-hydrogen) atoms. The van der Waals surface area contributed by atoms with Crippen LogP contribution in [-0.4, -0.2) is 47.5 Å². The van der Waals surface area contributed by atoms with Gasteiger partial charge >= 0.3 is 6.09 Å². The fourth-order valence-electron chi connectivity index (χ4n) is 3.44. The number of benzene rings is 1. The Morgan fingerprint density at radius 1 is 1.24 bits per heavy atom. The number of amides is 2. The summed E-state index contributed by atoms with van der Waals surface area (Å²) in [5.41, 5.74) is 0.927. The minimum atomic E-state index is -1.25. The van der Waals surface area contributed by atoms with Crippen molar-refractivity contribution in [2.75, 3.05) is 11.9 Å². The monoisotopic (exact) mass is 416 g/mol. The van der Waals surface area contributed by atoms with Crippen LogP contribution in [0.4, 0.5) is 15.0 Å². The van der Waals surface area contributed by atoms with Crippen molar-refractivity contribution in [1.29, 1.82) is 0 Å². The fraction of sp³-hybridized carbons (Fsp3) is 0.278. The summed E-state index contributed by atoms with van der Waals surface area (Å²) in [6, 6.07) is 4.88. The van der Waals surface area contributed by atoms with Crippen molar-refractivity contribution in [2.24, 2.45) is 0 Å². The van der Waals surface area contributed by atoms with Crippen LogP contribution < -0.4 is 5.32 Å². The normalized spacial score (nSPS) is 15.8. The van der Waals surface area contributed by atoms with Crippen molar-refractivity contribution >= 4 is 29.4 Å². The summed E-state index contributed by atoms with van der Waals surface area (Å²) in [6.07, 6.45) is -1.25. The zero-order valence-electron chi connectivity index (χ0n) is 15.6. The average Bonchev–Trinajstić information content (AvgIpc) is 3.26. The van der Waals surface area contributed by atoms with Gasteiger partial charge in [-0.3, -0.25) is 10.1 Å². The molecule has 0 bridgehead atoms. The number of halogens is 1. The first kappa shape index (κ1) is 19.0. The third-order valence-electron chi connectivity index (χ3n) is 4.73. The van der Waals surface area contributed by atoms with Crippen LogP contribution in [0.2, 0.25) is 0 Å². The molecule has 3 heterocycles. The van der Waals surface area contributed by atoms with Gasteiger partial charge in [0.1, 0.15) is 11.6 Å². The molecule has 2 N–H and O–H groups in total. The predicted molar refractivity (Wildman–Crippen MR) is 103 cm³/mol. The van der Waals surface area contributed by atoms with Crippen molar-refractivity contribution in [3.63, 3.8) is 0 Å². The van der Waals surface area contributed by atoms with Crippen molar-refractivity contribution < 1.29 is 19.1 Å². The number of aromatic nitrogens is 4. The van der Waals surface area contributed by atoms with Crippen LogP contribution in [0, 0.1) is 12.7 Å². The maximum Gasteiger partial charge on any atom is 0.410 e. The molecule has 0 aliphatic carbocycles. The topological polar surface area (TPSA) is 113 Å². The Balaban J connectivity index is 1.74. The maximum atomic E-state index is 13.2. The summed E-state index contributed by atoms with van der Waals surface area (Å²) < 4.78 is 19.2. The molecular formula is C18H17FN6O3S. The molecular weight excluding hydrogens is 399 g/mol. The third kappa shape index (κ3) is 3.44. The van der Waals surface area contributed by atoms with Gasteiger partial charge in [-0.05, 0) is 49.6 Å². The van der Waals surface area contributed by atoms with Gasteiger partial charge in [0, 0.05) is 18.7 Å². The van der Waals surface area contributed by atoms with Crippen molar-refractivity contribution in [1.82, 2.24) is 23.8 Å². The molecule has 2 amide bonds. The van der Waals surface area contributed by atoms with E-state index in [1.807, 2.05) is 4.57 Å². The number of nitrogens with one attached hydrogen (secondary N) is 1. The van der Waals surface area contributed by atoms with E-state index in [-0.39, 0.29) is 11.7 Å². The summed E-state index contributed by atoms with van der Waals surface area (Å²) in [5, 5.41) is 12.1. The summed E-state index contributed by atoms with van der Waals surface area (Å²) >= 11 is 1.18. The Hall–Kier alpha value is -3.34. The highest BCUT2D eigenvalue weighted by Gasteiger charge is 2.34.